The molecule has 1 saturated heterocycles. The second kappa shape index (κ2) is 6.08. The van der Waals surface area contributed by atoms with Gasteiger partial charge in [-0.3, -0.25) is 4.79 Å². The zero-order valence-corrected chi connectivity index (χ0v) is 12.8. The number of para-hydroxylation sites is 1. The van der Waals surface area contributed by atoms with E-state index in [1.165, 1.54) is 0 Å². The summed E-state index contributed by atoms with van der Waals surface area (Å²) >= 11 is 0. The summed E-state index contributed by atoms with van der Waals surface area (Å²) in [5.41, 5.74) is 2.05. The topological polar surface area (TPSA) is 58.4 Å². The zero-order valence-electron chi connectivity index (χ0n) is 12.8. The lowest BCUT2D eigenvalue weighted by atomic mass is 10.1. The Labute approximate surface area is 130 Å². The lowest BCUT2D eigenvalue weighted by Crippen LogP contribution is -2.40. The molecule has 1 amide bonds. The van der Waals surface area contributed by atoms with Crippen LogP contribution in [-0.4, -0.2) is 44.7 Å². The number of likely N-dealkylation sites (tertiary alicyclic amines) is 1. The normalized spacial score (nSPS) is 16.4. The molecule has 1 aromatic heterocycles. The second-order valence-corrected chi connectivity index (χ2v) is 5.84. The van der Waals surface area contributed by atoms with Crippen molar-refractivity contribution in [3.05, 3.63) is 36.6 Å². The summed E-state index contributed by atoms with van der Waals surface area (Å²) in [6, 6.07) is 5.53. The van der Waals surface area contributed by atoms with Crippen LogP contribution in [0.3, 0.4) is 0 Å². The number of carbonyl (C=O) groups excluding carboxylic acids is 1. The number of aryl methyl sites for hydroxylation is 1. The van der Waals surface area contributed by atoms with Crippen LogP contribution < -0.4 is 0 Å². The number of hydrogen-bond acceptors (Lipinski definition) is 3. The van der Waals surface area contributed by atoms with Crippen LogP contribution in [0.1, 0.15) is 42.4 Å². The van der Waals surface area contributed by atoms with Gasteiger partial charge in [-0.2, -0.15) is 0 Å². The largest absolute Gasteiger partial charge is 0.393 e. The second-order valence-electron chi connectivity index (χ2n) is 5.84. The van der Waals surface area contributed by atoms with Crippen LogP contribution >= 0.6 is 0 Å². The minimum Gasteiger partial charge on any atom is -0.393 e. The highest BCUT2D eigenvalue weighted by molar-refractivity contribution is 6.05. The van der Waals surface area contributed by atoms with Crippen LogP contribution in [0.5, 0.6) is 0 Å². The van der Waals surface area contributed by atoms with E-state index in [0.717, 1.165) is 24.2 Å². The lowest BCUT2D eigenvalue weighted by Gasteiger charge is -2.29. The van der Waals surface area contributed by atoms with Gasteiger partial charge in [-0.1, -0.05) is 13.0 Å². The molecule has 1 aromatic carbocycles. The van der Waals surface area contributed by atoms with Crippen molar-refractivity contribution in [3.8, 4) is 0 Å². The Balaban J connectivity index is 1.96. The molecule has 0 aliphatic carbocycles. The summed E-state index contributed by atoms with van der Waals surface area (Å²) in [5, 5.41) is 9.58. The summed E-state index contributed by atoms with van der Waals surface area (Å²) in [5.74, 6) is 0.769. The van der Waals surface area contributed by atoms with E-state index in [-0.39, 0.29) is 12.0 Å². The Hall–Kier alpha value is -1.88. The fraction of sp³-hybridized carbons (Fsp3) is 0.471. The molecule has 5 heteroatoms. The first-order valence-corrected chi connectivity index (χ1v) is 7.84. The number of aliphatic hydroxyl groups is 1. The van der Waals surface area contributed by atoms with Crippen LogP contribution in [0.15, 0.2) is 18.2 Å². The predicted molar refractivity (Wildman–Crippen MR) is 84.6 cm³/mol. The third kappa shape index (κ3) is 2.61. The molecule has 116 valence electrons. The highest BCUT2D eigenvalue weighted by Crippen LogP contribution is 2.23. The van der Waals surface area contributed by atoms with Crippen molar-refractivity contribution in [1.82, 2.24) is 14.5 Å². The van der Waals surface area contributed by atoms with E-state index in [1.54, 1.807) is 15.5 Å². The lowest BCUT2D eigenvalue weighted by molar-refractivity contribution is 0.0548. The maximum Gasteiger partial charge on any atom is 0.256 e. The van der Waals surface area contributed by atoms with E-state index in [4.69, 9.17) is 7.05 Å². The molecule has 0 atom stereocenters. The standard InChI is InChI=1S/C17H21N3O2/c1-3-5-15-18-16-13(6-4-7-14(16)19(15)2)17(22)20-10-8-12(21)9-11-20/h2,4,6-7,12,21H,3,5,8-11H2,1H3. The molecule has 2 aromatic rings. The van der Waals surface area contributed by atoms with Gasteiger partial charge in [-0.25, -0.2) is 4.98 Å². The van der Waals surface area contributed by atoms with E-state index in [9.17, 15) is 9.90 Å². The number of piperidine rings is 1. The SMILES string of the molecule is [CH]n1c(CCC)nc2c(C(=O)N3CCC(O)CC3)cccc21. The van der Waals surface area contributed by atoms with Gasteiger partial charge in [0.25, 0.3) is 5.91 Å². The van der Waals surface area contributed by atoms with Crippen LogP contribution in [0.2, 0.25) is 0 Å². The molecule has 5 nitrogen and oxygen atoms in total. The maximum atomic E-state index is 12.8. The number of aromatic nitrogens is 2. The molecule has 1 aliphatic heterocycles. The van der Waals surface area contributed by atoms with Crippen LogP contribution in [0.4, 0.5) is 0 Å². The smallest absolute Gasteiger partial charge is 0.256 e. The summed E-state index contributed by atoms with van der Waals surface area (Å²) in [6.07, 6.45) is 2.71. The summed E-state index contributed by atoms with van der Waals surface area (Å²) in [6.45, 7) is 3.24. The predicted octanol–water partition coefficient (Wildman–Crippen LogP) is 2.10. The van der Waals surface area contributed by atoms with Crippen LogP contribution in [0, 0.1) is 7.05 Å². The van der Waals surface area contributed by atoms with Gasteiger partial charge in [0.2, 0.25) is 0 Å². The molecule has 2 heterocycles. The average Bonchev–Trinajstić information content (AvgIpc) is 2.84. The number of benzene rings is 1. The number of nitrogens with zero attached hydrogens (tertiary/aromatic N) is 3. The zero-order chi connectivity index (χ0) is 15.7. The van der Waals surface area contributed by atoms with Crippen molar-refractivity contribution in [2.75, 3.05) is 13.1 Å². The first-order chi connectivity index (χ1) is 10.6. The quantitative estimate of drug-likeness (QED) is 0.944. The fourth-order valence-electron chi connectivity index (χ4n) is 2.98. The minimum absolute atomic E-state index is 0.0290. The van der Waals surface area contributed by atoms with Crippen molar-refractivity contribution in [2.45, 2.75) is 38.7 Å². The monoisotopic (exact) mass is 299 g/mol. The highest BCUT2D eigenvalue weighted by atomic mass is 16.3. The number of hydrogen-bond donors (Lipinski definition) is 1. The van der Waals surface area contributed by atoms with Gasteiger partial charge in [0, 0.05) is 19.5 Å². The minimum atomic E-state index is -0.292. The van der Waals surface area contributed by atoms with Crippen molar-refractivity contribution < 1.29 is 9.90 Å². The van der Waals surface area contributed by atoms with Gasteiger partial charge in [-0.15, -0.1) is 0 Å². The molecule has 0 bridgehead atoms. The fourth-order valence-corrected chi connectivity index (χ4v) is 2.98. The maximum absolute atomic E-state index is 12.8. The van der Waals surface area contributed by atoms with E-state index in [2.05, 4.69) is 11.9 Å². The van der Waals surface area contributed by atoms with Gasteiger partial charge in [-0.05, 0) is 31.4 Å². The Morgan fingerprint density at radius 2 is 2.14 bits per heavy atom. The van der Waals surface area contributed by atoms with Crippen LogP contribution in [0.25, 0.3) is 11.0 Å². The van der Waals surface area contributed by atoms with Crippen LogP contribution in [-0.2, 0) is 6.42 Å². The van der Waals surface area contributed by atoms with Gasteiger partial charge in [0.1, 0.15) is 11.3 Å². The number of aliphatic hydroxyl groups excluding tert-OH is 1. The highest BCUT2D eigenvalue weighted by Gasteiger charge is 2.24. The van der Waals surface area contributed by atoms with Gasteiger partial charge < -0.3 is 14.6 Å². The summed E-state index contributed by atoms with van der Waals surface area (Å²) in [4.78, 5) is 19.1. The van der Waals surface area contributed by atoms with Crippen molar-refractivity contribution in [1.29, 1.82) is 0 Å². The number of fused-ring (bicyclic) bond motifs is 1. The summed E-state index contributed by atoms with van der Waals surface area (Å²) in [7, 11) is 6.09. The molecule has 0 saturated carbocycles. The number of carbonyl (C=O) groups is 1. The molecule has 0 spiro atoms. The number of rotatable bonds is 3. The number of imidazole rings is 1. The van der Waals surface area contributed by atoms with Gasteiger partial charge >= 0.3 is 0 Å². The first-order valence-electron chi connectivity index (χ1n) is 7.84. The average molecular weight is 299 g/mol. The Morgan fingerprint density at radius 1 is 1.41 bits per heavy atom. The van der Waals surface area contributed by atoms with Crippen molar-refractivity contribution in [2.24, 2.45) is 0 Å². The van der Waals surface area contributed by atoms with E-state index >= 15 is 0 Å². The molecule has 22 heavy (non-hydrogen) atoms. The van der Waals surface area contributed by atoms with E-state index < -0.39 is 0 Å². The Kier molecular flexibility index (Phi) is 4.16. The molecule has 1 fully saturated rings. The molecule has 0 unspecified atom stereocenters. The molecule has 1 N–H and O–H groups in total. The molecule has 3 rings (SSSR count). The summed E-state index contributed by atoms with van der Waals surface area (Å²) < 4.78 is 1.58. The van der Waals surface area contributed by atoms with Gasteiger partial charge in [0.15, 0.2) is 0 Å². The van der Waals surface area contributed by atoms with Crippen molar-refractivity contribution in [3.63, 3.8) is 0 Å². The van der Waals surface area contributed by atoms with E-state index in [0.29, 0.717) is 37.0 Å². The third-order valence-electron chi connectivity index (χ3n) is 4.25. The van der Waals surface area contributed by atoms with E-state index in [1.807, 2.05) is 12.1 Å². The number of amides is 1. The molecule has 1 aliphatic rings. The Morgan fingerprint density at radius 3 is 2.82 bits per heavy atom. The Bertz CT molecular complexity index is 685. The van der Waals surface area contributed by atoms with Gasteiger partial charge in [0.05, 0.1) is 24.2 Å². The molecular formula is C17H21N3O2. The third-order valence-corrected chi connectivity index (χ3v) is 4.25. The molecular weight excluding hydrogens is 278 g/mol. The molecule has 2 radical (unpaired) electrons. The van der Waals surface area contributed by atoms with Crippen molar-refractivity contribution >= 4 is 16.9 Å². The first kappa shape index (κ1) is 15.0.